The molecule has 92 valence electrons. The van der Waals surface area contributed by atoms with Crippen LogP contribution in [-0.2, 0) is 0 Å². The summed E-state index contributed by atoms with van der Waals surface area (Å²) in [5.41, 5.74) is 8.68. The van der Waals surface area contributed by atoms with E-state index in [1.54, 1.807) is 12.1 Å². The van der Waals surface area contributed by atoms with Crippen LogP contribution >= 0.6 is 15.9 Å². The molecule has 3 N–H and O–H groups in total. The molecule has 18 heavy (non-hydrogen) atoms. The van der Waals surface area contributed by atoms with E-state index in [-0.39, 0.29) is 5.91 Å². The molecule has 0 fully saturated rings. The van der Waals surface area contributed by atoms with Crippen LogP contribution in [0.25, 0.3) is 0 Å². The van der Waals surface area contributed by atoms with Gasteiger partial charge in [-0.15, -0.1) is 0 Å². The molecule has 0 atom stereocenters. The Morgan fingerprint density at radius 2 is 1.94 bits per heavy atom. The quantitative estimate of drug-likeness (QED) is 0.833. The van der Waals surface area contributed by atoms with Crippen molar-refractivity contribution in [2.75, 3.05) is 11.1 Å². The molecule has 0 aliphatic carbocycles. The molecule has 0 bridgehead atoms. The molecule has 0 aromatic heterocycles. The molecule has 0 saturated heterocycles. The van der Waals surface area contributed by atoms with Crippen LogP contribution < -0.4 is 11.1 Å². The van der Waals surface area contributed by atoms with Crippen molar-refractivity contribution in [3.63, 3.8) is 0 Å². The van der Waals surface area contributed by atoms with Gasteiger partial charge in [-0.1, -0.05) is 28.1 Å². The molecular formula is C14H13BrN2O. The van der Waals surface area contributed by atoms with Crippen LogP contribution in [0.3, 0.4) is 0 Å². The number of hydrogen-bond acceptors (Lipinski definition) is 2. The van der Waals surface area contributed by atoms with Gasteiger partial charge in [0, 0.05) is 21.4 Å². The number of amides is 1. The Hall–Kier alpha value is -1.81. The van der Waals surface area contributed by atoms with Gasteiger partial charge in [-0.05, 0) is 42.8 Å². The van der Waals surface area contributed by atoms with Crippen molar-refractivity contribution in [2.24, 2.45) is 0 Å². The largest absolute Gasteiger partial charge is 0.398 e. The molecule has 4 heteroatoms. The first-order chi connectivity index (χ1) is 8.58. The van der Waals surface area contributed by atoms with Crippen molar-refractivity contribution >= 4 is 33.2 Å². The molecule has 2 aromatic carbocycles. The fourth-order valence-corrected chi connectivity index (χ4v) is 2.01. The van der Waals surface area contributed by atoms with Gasteiger partial charge in [0.2, 0.25) is 0 Å². The van der Waals surface area contributed by atoms with Crippen molar-refractivity contribution in [1.29, 1.82) is 0 Å². The fourth-order valence-electron chi connectivity index (χ4n) is 1.61. The number of nitrogen functional groups attached to an aromatic ring is 1. The van der Waals surface area contributed by atoms with E-state index < -0.39 is 0 Å². The number of carbonyl (C=O) groups is 1. The normalized spacial score (nSPS) is 10.1. The van der Waals surface area contributed by atoms with Gasteiger partial charge in [0.25, 0.3) is 5.91 Å². The van der Waals surface area contributed by atoms with E-state index in [0.29, 0.717) is 11.3 Å². The van der Waals surface area contributed by atoms with Crippen LogP contribution in [0.15, 0.2) is 46.9 Å². The lowest BCUT2D eigenvalue weighted by Gasteiger charge is -2.10. The molecule has 0 saturated carbocycles. The summed E-state index contributed by atoms with van der Waals surface area (Å²) >= 11 is 3.34. The fraction of sp³-hybridized carbons (Fsp3) is 0.0714. The summed E-state index contributed by atoms with van der Waals surface area (Å²) in [6.45, 7) is 1.88. The maximum atomic E-state index is 12.1. The molecule has 0 radical (unpaired) electrons. The van der Waals surface area contributed by atoms with Crippen LogP contribution in [-0.4, -0.2) is 5.91 Å². The van der Waals surface area contributed by atoms with Crippen molar-refractivity contribution in [2.45, 2.75) is 6.92 Å². The summed E-state index contributed by atoms with van der Waals surface area (Å²) in [4.78, 5) is 12.1. The minimum absolute atomic E-state index is 0.148. The molecule has 1 amide bonds. The van der Waals surface area contributed by atoms with Crippen molar-refractivity contribution in [1.82, 2.24) is 0 Å². The summed E-state index contributed by atoms with van der Waals surface area (Å²) in [7, 11) is 0. The number of rotatable bonds is 2. The second-order valence-electron chi connectivity index (χ2n) is 3.98. The Morgan fingerprint density at radius 1 is 1.22 bits per heavy atom. The Labute approximate surface area is 114 Å². The number of nitrogens with one attached hydrogen (secondary N) is 1. The molecule has 0 unspecified atom stereocenters. The highest BCUT2D eigenvalue weighted by Gasteiger charge is 2.08. The molecule has 3 nitrogen and oxygen atoms in total. The third kappa shape index (κ3) is 2.71. The zero-order chi connectivity index (χ0) is 13.1. The second kappa shape index (κ2) is 5.23. The summed E-state index contributed by atoms with van der Waals surface area (Å²) in [6.07, 6.45) is 0. The zero-order valence-electron chi connectivity index (χ0n) is 9.91. The number of halogens is 1. The minimum Gasteiger partial charge on any atom is -0.398 e. The average Bonchev–Trinajstić information content (AvgIpc) is 2.35. The van der Waals surface area contributed by atoms with E-state index >= 15 is 0 Å². The first kappa shape index (κ1) is 12.6. The summed E-state index contributed by atoms with van der Waals surface area (Å²) in [5, 5.41) is 2.85. The Kier molecular flexibility index (Phi) is 3.67. The lowest BCUT2D eigenvalue weighted by molar-refractivity contribution is 0.102. The molecule has 0 spiro atoms. The highest BCUT2D eigenvalue weighted by molar-refractivity contribution is 9.10. The highest BCUT2D eigenvalue weighted by atomic mass is 79.9. The van der Waals surface area contributed by atoms with E-state index in [2.05, 4.69) is 21.2 Å². The molecule has 0 aliphatic rings. The molecular weight excluding hydrogens is 292 g/mol. The van der Waals surface area contributed by atoms with Gasteiger partial charge in [0.15, 0.2) is 0 Å². The van der Waals surface area contributed by atoms with Gasteiger partial charge in [-0.2, -0.15) is 0 Å². The lowest BCUT2D eigenvalue weighted by atomic mass is 10.1. The Bertz CT molecular complexity index is 596. The molecule has 2 rings (SSSR count). The average molecular weight is 305 g/mol. The van der Waals surface area contributed by atoms with Gasteiger partial charge in [-0.3, -0.25) is 4.79 Å². The van der Waals surface area contributed by atoms with Gasteiger partial charge in [-0.25, -0.2) is 0 Å². The Morgan fingerprint density at radius 3 is 2.67 bits per heavy atom. The third-order valence-corrected chi connectivity index (χ3v) is 3.20. The molecule has 0 heterocycles. The van der Waals surface area contributed by atoms with Crippen LogP contribution in [0.1, 0.15) is 15.9 Å². The van der Waals surface area contributed by atoms with Crippen LogP contribution in [0.5, 0.6) is 0 Å². The standard InChI is InChI=1S/C14H13BrN2O/c1-9-12(16)6-3-7-13(9)17-14(18)10-4-2-5-11(15)8-10/h2-8H,16H2,1H3,(H,17,18). The summed E-state index contributed by atoms with van der Waals surface area (Å²) in [5.74, 6) is -0.148. The number of carbonyl (C=O) groups excluding carboxylic acids is 1. The molecule has 0 aliphatic heterocycles. The number of hydrogen-bond donors (Lipinski definition) is 2. The van der Waals surface area contributed by atoms with E-state index in [0.717, 1.165) is 15.7 Å². The summed E-state index contributed by atoms with van der Waals surface area (Å²) < 4.78 is 0.874. The van der Waals surface area contributed by atoms with E-state index in [4.69, 9.17) is 5.73 Å². The van der Waals surface area contributed by atoms with E-state index in [9.17, 15) is 4.79 Å². The smallest absolute Gasteiger partial charge is 0.255 e. The highest BCUT2D eigenvalue weighted by Crippen LogP contribution is 2.21. The van der Waals surface area contributed by atoms with Crippen LogP contribution in [0.4, 0.5) is 11.4 Å². The number of anilines is 2. The SMILES string of the molecule is Cc1c(N)cccc1NC(=O)c1cccc(Br)c1. The van der Waals surface area contributed by atoms with Gasteiger partial charge in [0.1, 0.15) is 0 Å². The van der Waals surface area contributed by atoms with E-state index in [1.807, 2.05) is 37.3 Å². The van der Waals surface area contributed by atoms with Gasteiger partial charge >= 0.3 is 0 Å². The second-order valence-corrected chi connectivity index (χ2v) is 4.90. The number of benzene rings is 2. The van der Waals surface area contributed by atoms with Crippen LogP contribution in [0, 0.1) is 6.92 Å². The van der Waals surface area contributed by atoms with Crippen molar-refractivity contribution in [3.05, 3.63) is 58.1 Å². The van der Waals surface area contributed by atoms with E-state index in [1.165, 1.54) is 0 Å². The van der Waals surface area contributed by atoms with Crippen molar-refractivity contribution < 1.29 is 4.79 Å². The molecule has 2 aromatic rings. The zero-order valence-corrected chi connectivity index (χ0v) is 11.5. The maximum absolute atomic E-state index is 12.1. The number of nitrogens with two attached hydrogens (primary N) is 1. The monoisotopic (exact) mass is 304 g/mol. The minimum atomic E-state index is -0.148. The maximum Gasteiger partial charge on any atom is 0.255 e. The predicted molar refractivity (Wildman–Crippen MR) is 77.7 cm³/mol. The Balaban J connectivity index is 2.24. The topological polar surface area (TPSA) is 55.1 Å². The van der Waals surface area contributed by atoms with Gasteiger partial charge < -0.3 is 11.1 Å². The van der Waals surface area contributed by atoms with Crippen LogP contribution in [0.2, 0.25) is 0 Å². The van der Waals surface area contributed by atoms with Crippen molar-refractivity contribution in [3.8, 4) is 0 Å². The summed E-state index contributed by atoms with van der Waals surface area (Å²) in [6, 6.07) is 12.7. The third-order valence-electron chi connectivity index (χ3n) is 2.71. The lowest BCUT2D eigenvalue weighted by Crippen LogP contribution is -2.13. The first-order valence-electron chi connectivity index (χ1n) is 5.50. The van der Waals surface area contributed by atoms with Gasteiger partial charge in [0.05, 0.1) is 0 Å². The first-order valence-corrected chi connectivity index (χ1v) is 6.29. The predicted octanol–water partition coefficient (Wildman–Crippen LogP) is 3.59.